The van der Waals surface area contributed by atoms with Crippen LogP contribution in [0, 0.1) is 11.3 Å². The first-order valence-electron chi connectivity index (χ1n) is 9.12. The Morgan fingerprint density at radius 1 is 1.27 bits per heavy atom. The number of para-hydroxylation sites is 1. The Bertz CT molecular complexity index is 782. The van der Waals surface area contributed by atoms with Crippen molar-refractivity contribution in [3.8, 4) is 11.4 Å². The van der Waals surface area contributed by atoms with E-state index in [1.54, 1.807) is 0 Å². The van der Waals surface area contributed by atoms with E-state index < -0.39 is 0 Å². The molecule has 1 unspecified atom stereocenters. The van der Waals surface area contributed by atoms with Gasteiger partial charge in [0.15, 0.2) is 5.82 Å². The minimum Gasteiger partial charge on any atom is -0.325 e. The van der Waals surface area contributed by atoms with Crippen LogP contribution in [0.25, 0.3) is 11.4 Å². The van der Waals surface area contributed by atoms with E-state index in [0.29, 0.717) is 5.82 Å². The van der Waals surface area contributed by atoms with Gasteiger partial charge in [-0.3, -0.25) is 9.89 Å². The standard InChI is InChI=1S/C19H25N5O.ClH/c1-12(2)16-22-17(24-23-16)13-5-3-4-6-15(13)21-18(25)14-11-19(14)7-9-20-10-8-19;/h3-6,12,14,20H,7-11H2,1-2H3,(H,21,25)(H,22,23,24);1H. The van der Waals surface area contributed by atoms with Gasteiger partial charge in [-0.05, 0) is 49.9 Å². The molecule has 26 heavy (non-hydrogen) atoms. The molecule has 4 rings (SSSR count). The van der Waals surface area contributed by atoms with Gasteiger partial charge >= 0.3 is 0 Å². The Morgan fingerprint density at radius 2 is 2.00 bits per heavy atom. The number of carbonyl (C=O) groups excluding carboxylic acids is 1. The summed E-state index contributed by atoms with van der Waals surface area (Å²) in [5.41, 5.74) is 1.89. The summed E-state index contributed by atoms with van der Waals surface area (Å²) in [5, 5.41) is 13.8. The van der Waals surface area contributed by atoms with E-state index in [2.05, 4.69) is 39.7 Å². The van der Waals surface area contributed by atoms with Crippen molar-refractivity contribution in [2.24, 2.45) is 11.3 Å². The van der Waals surface area contributed by atoms with Gasteiger partial charge in [-0.2, -0.15) is 5.10 Å². The molecule has 3 N–H and O–H groups in total. The van der Waals surface area contributed by atoms with Crippen molar-refractivity contribution < 1.29 is 4.79 Å². The summed E-state index contributed by atoms with van der Waals surface area (Å²) < 4.78 is 0. The zero-order valence-electron chi connectivity index (χ0n) is 15.2. The van der Waals surface area contributed by atoms with E-state index in [4.69, 9.17) is 0 Å². The molecule has 1 saturated carbocycles. The number of nitrogens with one attached hydrogen (secondary N) is 3. The molecule has 2 aromatic rings. The van der Waals surface area contributed by atoms with E-state index in [1.807, 2.05) is 24.3 Å². The summed E-state index contributed by atoms with van der Waals surface area (Å²) in [6, 6.07) is 7.76. The first-order valence-corrected chi connectivity index (χ1v) is 9.12. The number of amides is 1. The van der Waals surface area contributed by atoms with Gasteiger partial charge in [0.25, 0.3) is 0 Å². The lowest BCUT2D eigenvalue weighted by molar-refractivity contribution is -0.118. The van der Waals surface area contributed by atoms with Crippen molar-refractivity contribution in [3.63, 3.8) is 0 Å². The van der Waals surface area contributed by atoms with Crippen LogP contribution in [0.4, 0.5) is 5.69 Å². The molecule has 1 atom stereocenters. The predicted molar refractivity (Wildman–Crippen MR) is 104 cm³/mol. The van der Waals surface area contributed by atoms with Crippen molar-refractivity contribution in [2.75, 3.05) is 18.4 Å². The Balaban J connectivity index is 0.00000196. The molecule has 7 heteroatoms. The number of carbonyl (C=O) groups is 1. The number of aromatic nitrogens is 3. The van der Waals surface area contributed by atoms with Gasteiger partial charge in [0.05, 0.1) is 5.69 Å². The van der Waals surface area contributed by atoms with Gasteiger partial charge in [0.1, 0.15) is 5.82 Å². The van der Waals surface area contributed by atoms with Crippen molar-refractivity contribution in [2.45, 2.75) is 39.0 Å². The fourth-order valence-electron chi connectivity index (χ4n) is 3.86. The van der Waals surface area contributed by atoms with Gasteiger partial charge in [-0.15, -0.1) is 12.4 Å². The van der Waals surface area contributed by atoms with Crippen LogP contribution < -0.4 is 10.6 Å². The number of halogens is 1. The highest BCUT2D eigenvalue weighted by atomic mass is 35.5. The third-order valence-corrected chi connectivity index (χ3v) is 5.58. The summed E-state index contributed by atoms with van der Waals surface area (Å²) in [6.07, 6.45) is 3.22. The molecule has 1 aliphatic carbocycles. The van der Waals surface area contributed by atoms with Crippen molar-refractivity contribution in [1.29, 1.82) is 0 Å². The third-order valence-electron chi connectivity index (χ3n) is 5.58. The molecule has 2 fully saturated rings. The molecule has 140 valence electrons. The van der Waals surface area contributed by atoms with Crippen LogP contribution in [0.5, 0.6) is 0 Å². The van der Waals surface area contributed by atoms with Gasteiger partial charge in [0, 0.05) is 17.4 Å². The van der Waals surface area contributed by atoms with Crippen LogP contribution in [-0.4, -0.2) is 34.2 Å². The third kappa shape index (κ3) is 3.48. The summed E-state index contributed by atoms with van der Waals surface area (Å²) in [4.78, 5) is 17.3. The zero-order chi connectivity index (χ0) is 17.4. The smallest absolute Gasteiger partial charge is 0.228 e. The van der Waals surface area contributed by atoms with E-state index in [9.17, 15) is 4.79 Å². The van der Waals surface area contributed by atoms with Crippen LogP contribution in [0.2, 0.25) is 0 Å². The largest absolute Gasteiger partial charge is 0.325 e. The topological polar surface area (TPSA) is 82.7 Å². The highest BCUT2D eigenvalue weighted by Crippen LogP contribution is 2.58. The van der Waals surface area contributed by atoms with Crippen LogP contribution >= 0.6 is 12.4 Å². The second-order valence-electron chi connectivity index (χ2n) is 7.60. The number of hydrogen-bond donors (Lipinski definition) is 3. The molecule has 1 aromatic carbocycles. The first kappa shape index (κ1) is 18.9. The van der Waals surface area contributed by atoms with Crippen molar-refractivity contribution >= 4 is 24.0 Å². The quantitative estimate of drug-likeness (QED) is 0.765. The molecule has 1 aromatic heterocycles. The Labute approximate surface area is 160 Å². The first-order chi connectivity index (χ1) is 12.1. The van der Waals surface area contributed by atoms with E-state index in [1.165, 1.54) is 0 Å². The fourth-order valence-corrected chi connectivity index (χ4v) is 3.86. The average Bonchev–Trinajstić information content (AvgIpc) is 3.07. The molecule has 0 radical (unpaired) electrons. The molecular formula is C19H26ClN5O. The zero-order valence-corrected chi connectivity index (χ0v) is 16.0. The molecule has 1 saturated heterocycles. The van der Waals surface area contributed by atoms with Gasteiger partial charge in [-0.1, -0.05) is 26.0 Å². The van der Waals surface area contributed by atoms with Crippen LogP contribution in [0.3, 0.4) is 0 Å². The Morgan fingerprint density at radius 3 is 2.69 bits per heavy atom. The second kappa shape index (κ2) is 7.37. The van der Waals surface area contributed by atoms with Crippen LogP contribution in [0.1, 0.15) is 44.9 Å². The SMILES string of the molecule is CC(C)c1nc(-c2ccccc2NC(=O)C2CC23CCNCC3)n[nH]1.Cl. The minimum atomic E-state index is 0. The lowest BCUT2D eigenvalue weighted by atomic mass is 9.91. The summed E-state index contributed by atoms with van der Waals surface area (Å²) in [7, 11) is 0. The number of rotatable bonds is 4. The lowest BCUT2D eigenvalue weighted by Gasteiger charge is -2.23. The lowest BCUT2D eigenvalue weighted by Crippen LogP contribution is -2.31. The van der Waals surface area contributed by atoms with E-state index in [-0.39, 0.29) is 35.6 Å². The molecule has 2 heterocycles. The van der Waals surface area contributed by atoms with E-state index >= 15 is 0 Å². The summed E-state index contributed by atoms with van der Waals surface area (Å²) >= 11 is 0. The van der Waals surface area contributed by atoms with Gasteiger partial charge < -0.3 is 10.6 Å². The Kier molecular flexibility index (Phi) is 5.34. The van der Waals surface area contributed by atoms with Crippen molar-refractivity contribution in [3.05, 3.63) is 30.1 Å². The van der Waals surface area contributed by atoms with Crippen molar-refractivity contribution in [1.82, 2.24) is 20.5 Å². The number of anilines is 1. The van der Waals surface area contributed by atoms with Gasteiger partial charge in [0.2, 0.25) is 5.91 Å². The maximum Gasteiger partial charge on any atom is 0.228 e. The number of H-pyrrole nitrogens is 1. The second-order valence-corrected chi connectivity index (χ2v) is 7.60. The van der Waals surface area contributed by atoms with Gasteiger partial charge in [-0.25, -0.2) is 4.98 Å². The molecular weight excluding hydrogens is 350 g/mol. The number of hydrogen-bond acceptors (Lipinski definition) is 4. The van der Waals surface area contributed by atoms with E-state index in [0.717, 1.165) is 49.4 Å². The minimum absolute atomic E-state index is 0. The maximum absolute atomic E-state index is 12.8. The fraction of sp³-hybridized carbons (Fsp3) is 0.526. The summed E-state index contributed by atoms with van der Waals surface area (Å²) in [6.45, 7) is 6.19. The maximum atomic E-state index is 12.8. The Hall–Kier alpha value is -1.92. The number of nitrogens with zero attached hydrogens (tertiary/aromatic N) is 2. The number of piperidine rings is 1. The predicted octanol–water partition coefficient (Wildman–Crippen LogP) is 3.35. The highest BCUT2D eigenvalue weighted by molar-refractivity contribution is 5.98. The normalized spacial score (nSPS) is 20.7. The number of aromatic amines is 1. The van der Waals surface area contributed by atoms with Crippen LogP contribution in [0.15, 0.2) is 24.3 Å². The molecule has 1 spiro atoms. The average molecular weight is 376 g/mol. The highest BCUT2D eigenvalue weighted by Gasteiger charge is 2.57. The van der Waals surface area contributed by atoms with Crippen LogP contribution in [-0.2, 0) is 4.79 Å². The molecule has 1 amide bonds. The monoisotopic (exact) mass is 375 g/mol. The molecule has 0 bridgehead atoms. The molecule has 2 aliphatic rings. The number of benzene rings is 1. The molecule has 6 nitrogen and oxygen atoms in total. The molecule has 1 aliphatic heterocycles. The summed E-state index contributed by atoms with van der Waals surface area (Å²) in [5.74, 6) is 2.04.